The van der Waals surface area contributed by atoms with Crippen LogP contribution < -0.4 is 4.90 Å². The standard InChI is InChI=1S/C25H23N3OS/c1-30-21-11-7-10-20(15-21)27-17-19(14-24(27)29)25-26-22-12-5-6-13-23(22)28(25)16-18-8-3-2-4-9-18/h2-13,15,19H,14,16-17H2,1H3. The van der Waals surface area contributed by atoms with Gasteiger partial charge >= 0.3 is 0 Å². The number of hydrogen-bond donors (Lipinski definition) is 0. The Morgan fingerprint density at radius 2 is 1.80 bits per heavy atom. The summed E-state index contributed by atoms with van der Waals surface area (Å²) in [5, 5.41) is 0. The number of imidazole rings is 1. The van der Waals surface area contributed by atoms with Crippen molar-refractivity contribution in [2.45, 2.75) is 23.8 Å². The molecule has 5 heteroatoms. The number of carbonyl (C=O) groups is 1. The summed E-state index contributed by atoms with van der Waals surface area (Å²) in [4.78, 5) is 21.0. The van der Waals surface area contributed by atoms with Gasteiger partial charge in [-0.25, -0.2) is 4.98 Å². The molecule has 1 amide bonds. The number of hydrogen-bond acceptors (Lipinski definition) is 3. The maximum Gasteiger partial charge on any atom is 0.227 e. The van der Waals surface area contributed by atoms with Crippen LogP contribution in [-0.2, 0) is 11.3 Å². The van der Waals surface area contributed by atoms with Gasteiger partial charge in [0.15, 0.2) is 0 Å². The minimum absolute atomic E-state index is 0.0755. The molecule has 4 aromatic rings. The van der Waals surface area contributed by atoms with Gasteiger partial charge in [0.05, 0.1) is 11.0 Å². The Balaban J connectivity index is 1.51. The molecule has 1 fully saturated rings. The fourth-order valence-corrected chi connectivity index (χ4v) is 4.70. The lowest BCUT2D eigenvalue weighted by Gasteiger charge is -2.18. The van der Waals surface area contributed by atoms with Crippen LogP contribution in [0.3, 0.4) is 0 Å². The van der Waals surface area contributed by atoms with Crippen molar-refractivity contribution in [1.29, 1.82) is 0 Å². The lowest BCUT2D eigenvalue weighted by Crippen LogP contribution is -2.24. The number of rotatable bonds is 5. The van der Waals surface area contributed by atoms with E-state index in [2.05, 4.69) is 65.4 Å². The van der Waals surface area contributed by atoms with Crippen LogP contribution in [0.5, 0.6) is 0 Å². The summed E-state index contributed by atoms with van der Waals surface area (Å²) in [5.74, 6) is 1.24. The largest absolute Gasteiger partial charge is 0.323 e. The van der Waals surface area contributed by atoms with Gasteiger partial charge in [-0.1, -0.05) is 48.5 Å². The smallest absolute Gasteiger partial charge is 0.227 e. The first-order chi connectivity index (χ1) is 14.7. The van der Waals surface area contributed by atoms with Crippen molar-refractivity contribution in [3.8, 4) is 0 Å². The van der Waals surface area contributed by atoms with Crippen molar-refractivity contribution < 1.29 is 4.79 Å². The number of aromatic nitrogens is 2. The van der Waals surface area contributed by atoms with Crippen LogP contribution in [0, 0.1) is 0 Å². The Morgan fingerprint density at radius 3 is 2.63 bits per heavy atom. The Hall–Kier alpha value is -3.05. The summed E-state index contributed by atoms with van der Waals surface area (Å²) >= 11 is 1.69. The van der Waals surface area contributed by atoms with E-state index in [9.17, 15) is 4.79 Å². The second-order valence-electron chi connectivity index (χ2n) is 7.64. The van der Waals surface area contributed by atoms with Crippen molar-refractivity contribution >= 4 is 34.4 Å². The number of benzene rings is 3. The Morgan fingerprint density at radius 1 is 1.00 bits per heavy atom. The van der Waals surface area contributed by atoms with Crippen molar-refractivity contribution in [2.75, 3.05) is 17.7 Å². The molecule has 2 heterocycles. The molecule has 5 rings (SSSR count). The predicted octanol–water partition coefficient (Wildman–Crippen LogP) is 5.33. The van der Waals surface area contributed by atoms with Crippen LogP contribution in [0.1, 0.15) is 23.7 Å². The molecule has 4 nitrogen and oxygen atoms in total. The van der Waals surface area contributed by atoms with Crippen molar-refractivity contribution in [3.63, 3.8) is 0 Å². The first kappa shape index (κ1) is 18.9. The molecule has 0 radical (unpaired) electrons. The zero-order valence-corrected chi connectivity index (χ0v) is 17.7. The number of nitrogens with zero attached hydrogens (tertiary/aromatic N) is 3. The molecule has 0 aliphatic carbocycles. The molecule has 1 atom stereocenters. The highest BCUT2D eigenvalue weighted by molar-refractivity contribution is 7.98. The zero-order valence-electron chi connectivity index (χ0n) is 16.9. The highest BCUT2D eigenvalue weighted by Gasteiger charge is 2.34. The summed E-state index contributed by atoms with van der Waals surface area (Å²) in [5.41, 5.74) is 4.31. The Labute approximate surface area is 180 Å². The first-order valence-corrected chi connectivity index (χ1v) is 11.4. The van der Waals surface area contributed by atoms with E-state index in [-0.39, 0.29) is 11.8 Å². The van der Waals surface area contributed by atoms with Gasteiger partial charge in [0.2, 0.25) is 5.91 Å². The van der Waals surface area contributed by atoms with Crippen LogP contribution in [-0.4, -0.2) is 28.3 Å². The summed E-state index contributed by atoms with van der Waals surface area (Å²) in [6.07, 6.45) is 2.54. The van der Waals surface area contributed by atoms with E-state index in [0.717, 1.165) is 29.1 Å². The summed E-state index contributed by atoms with van der Waals surface area (Å²) in [6, 6.07) is 26.9. The normalized spacial score (nSPS) is 16.5. The fraction of sp³-hybridized carbons (Fsp3) is 0.200. The van der Waals surface area contributed by atoms with E-state index < -0.39 is 0 Å². The van der Waals surface area contributed by atoms with Gasteiger partial charge in [0.25, 0.3) is 0 Å². The third-order valence-corrected chi connectivity index (χ3v) is 6.45. The highest BCUT2D eigenvalue weighted by Crippen LogP contribution is 2.34. The molecule has 0 bridgehead atoms. The molecule has 1 aliphatic rings. The number of carbonyl (C=O) groups excluding carboxylic acids is 1. The fourth-order valence-electron chi connectivity index (χ4n) is 4.25. The maximum atomic E-state index is 12.9. The second kappa shape index (κ2) is 8.00. The SMILES string of the molecule is CSc1cccc(N2CC(c3nc4ccccc4n3Cc3ccccc3)CC2=O)c1. The van der Waals surface area contributed by atoms with Gasteiger partial charge in [-0.3, -0.25) is 4.79 Å². The molecule has 1 saturated heterocycles. The van der Waals surface area contributed by atoms with Crippen LogP contribution in [0.2, 0.25) is 0 Å². The predicted molar refractivity (Wildman–Crippen MR) is 123 cm³/mol. The number of fused-ring (bicyclic) bond motifs is 1. The van der Waals surface area contributed by atoms with Crippen molar-refractivity contribution in [1.82, 2.24) is 9.55 Å². The van der Waals surface area contributed by atoms with E-state index in [1.807, 2.05) is 29.2 Å². The number of para-hydroxylation sites is 2. The Kier molecular flexibility index (Phi) is 5.05. The molecule has 1 unspecified atom stereocenters. The second-order valence-corrected chi connectivity index (χ2v) is 8.52. The molecule has 1 aromatic heterocycles. The lowest BCUT2D eigenvalue weighted by atomic mass is 10.1. The quantitative estimate of drug-likeness (QED) is 0.415. The summed E-state index contributed by atoms with van der Waals surface area (Å²) in [7, 11) is 0. The van der Waals surface area contributed by atoms with E-state index in [0.29, 0.717) is 13.0 Å². The number of anilines is 1. The Bertz CT molecular complexity index is 1200. The molecule has 0 spiro atoms. The average Bonchev–Trinajstić information content (AvgIpc) is 3.35. The van der Waals surface area contributed by atoms with Gasteiger partial charge in [-0.05, 0) is 42.2 Å². The molecular weight excluding hydrogens is 390 g/mol. The summed E-state index contributed by atoms with van der Waals surface area (Å²) < 4.78 is 2.28. The lowest BCUT2D eigenvalue weighted by molar-refractivity contribution is -0.117. The molecular formula is C25H23N3OS. The molecule has 150 valence electrons. The minimum Gasteiger partial charge on any atom is -0.323 e. The summed E-state index contributed by atoms with van der Waals surface area (Å²) in [6.45, 7) is 1.41. The molecule has 0 saturated carbocycles. The van der Waals surface area contributed by atoms with Crippen LogP contribution in [0.25, 0.3) is 11.0 Å². The van der Waals surface area contributed by atoms with Crippen LogP contribution in [0.15, 0.2) is 83.8 Å². The van der Waals surface area contributed by atoms with Gasteiger partial charge in [0.1, 0.15) is 5.82 Å². The molecule has 30 heavy (non-hydrogen) atoms. The van der Waals surface area contributed by atoms with E-state index in [1.54, 1.807) is 11.8 Å². The minimum atomic E-state index is 0.0755. The molecule has 3 aromatic carbocycles. The average molecular weight is 414 g/mol. The van der Waals surface area contributed by atoms with Crippen LogP contribution >= 0.6 is 11.8 Å². The van der Waals surface area contributed by atoms with Gasteiger partial charge in [-0.15, -0.1) is 11.8 Å². The van der Waals surface area contributed by atoms with Gasteiger partial charge in [-0.2, -0.15) is 0 Å². The first-order valence-electron chi connectivity index (χ1n) is 10.2. The zero-order chi connectivity index (χ0) is 20.5. The molecule has 0 N–H and O–H groups in total. The van der Waals surface area contributed by atoms with Crippen molar-refractivity contribution in [2.24, 2.45) is 0 Å². The van der Waals surface area contributed by atoms with Gasteiger partial charge < -0.3 is 9.47 Å². The molecule has 1 aliphatic heterocycles. The number of amides is 1. The third kappa shape index (κ3) is 3.50. The topological polar surface area (TPSA) is 38.1 Å². The van der Waals surface area contributed by atoms with Gasteiger partial charge in [0, 0.05) is 36.0 Å². The monoisotopic (exact) mass is 413 g/mol. The van der Waals surface area contributed by atoms with Crippen molar-refractivity contribution in [3.05, 3.63) is 90.3 Å². The third-order valence-electron chi connectivity index (χ3n) is 5.72. The maximum absolute atomic E-state index is 12.9. The van der Waals surface area contributed by atoms with E-state index >= 15 is 0 Å². The number of thioether (sulfide) groups is 1. The van der Waals surface area contributed by atoms with E-state index in [4.69, 9.17) is 4.98 Å². The highest BCUT2D eigenvalue weighted by atomic mass is 32.2. The van der Waals surface area contributed by atoms with Crippen LogP contribution in [0.4, 0.5) is 5.69 Å². The van der Waals surface area contributed by atoms with E-state index in [1.165, 1.54) is 10.5 Å².